The van der Waals surface area contributed by atoms with E-state index in [0.717, 1.165) is 6.42 Å². The molecule has 1 atom stereocenters. The van der Waals surface area contributed by atoms with Crippen LogP contribution in [0.3, 0.4) is 0 Å². The zero-order chi connectivity index (χ0) is 11.6. The lowest BCUT2D eigenvalue weighted by atomic mass is 9.94. The molecule has 0 amide bonds. The molecule has 1 saturated carbocycles. The first-order valence-corrected chi connectivity index (χ1v) is 5.34. The summed E-state index contributed by atoms with van der Waals surface area (Å²) in [4.78, 5) is 3.80. The molecule has 0 aliphatic heterocycles. The molecule has 1 fully saturated rings. The fourth-order valence-electron chi connectivity index (χ4n) is 1.83. The fraction of sp³-hybridized carbons (Fsp3) is 0.545. The zero-order valence-electron chi connectivity index (χ0n) is 8.83. The Labute approximate surface area is 92.6 Å². The van der Waals surface area contributed by atoms with Gasteiger partial charge in [0.2, 0.25) is 0 Å². The number of nitrogens with zero attached hydrogens (tertiary/aromatic N) is 1. The predicted molar refractivity (Wildman–Crippen MR) is 56.5 cm³/mol. The average Bonchev–Trinajstić information content (AvgIpc) is 2.24. The number of pyridine rings is 1. The number of rotatable bonds is 2. The molecule has 1 aliphatic carbocycles. The molecule has 1 aromatic rings. The lowest BCUT2D eigenvalue weighted by molar-refractivity contribution is -0.119. The molecule has 88 valence electrons. The highest BCUT2D eigenvalue weighted by atomic mass is 19.3. The first-order chi connectivity index (χ1) is 7.58. The highest BCUT2D eigenvalue weighted by molar-refractivity contribution is 5.32. The number of halogens is 2. The van der Waals surface area contributed by atoms with Crippen molar-refractivity contribution in [1.29, 1.82) is 0 Å². The molecule has 16 heavy (non-hydrogen) atoms. The number of anilines is 1. The van der Waals surface area contributed by atoms with E-state index >= 15 is 0 Å². The Hall–Kier alpha value is -1.39. The maximum Gasteiger partial charge on any atom is 0.284 e. The molecular formula is C11H14F2N2O. The summed E-state index contributed by atoms with van der Waals surface area (Å²) in [7, 11) is 0. The third-order valence-corrected chi connectivity index (χ3v) is 2.74. The van der Waals surface area contributed by atoms with E-state index in [1.165, 1.54) is 12.3 Å². The van der Waals surface area contributed by atoms with Crippen molar-refractivity contribution in [3.8, 4) is 5.75 Å². The normalized spacial score (nSPS) is 24.0. The van der Waals surface area contributed by atoms with E-state index in [4.69, 9.17) is 10.5 Å². The summed E-state index contributed by atoms with van der Waals surface area (Å²) >= 11 is 0. The van der Waals surface area contributed by atoms with Gasteiger partial charge in [-0.25, -0.2) is 13.8 Å². The van der Waals surface area contributed by atoms with Crippen LogP contribution in [0, 0.1) is 0 Å². The molecule has 0 radical (unpaired) electrons. The molecule has 5 heteroatoms. The SMILES string of the molecule is Nc1ccc(OC2CCCCC2(F)F)cn1. The molecule has 1 unspecified atom stereocenters. The van der Waals surface area contributed by atoms with Crippen molar-refractivity contribution in [3.63, 3.8) is 0 Å². The van der Waals surface area contributed by atoms with Gasteiger partial charge in [-0.2, -0.15) is 0 Å². The topological polar surface area (TPSA) is 48.1 Å². The van der Waals surface area contributed by atoms with Crippen molar-refractivity contribution in [2.24, 2.45) is 0 Å². The summed E-state index contributed by atoms with van der Waals surface area (Å²) in [6.45, 7) is 0. The lowest BCUT2D eigenvalue weighted by Crippen LogP contribution is -2.40. The van der Waals surface area contributed by atoms with Gasteiger partial charge in [0.15, 0.2) is 6.10 Å². The van der Waals surface area contributed by atoms with E-state index in [2.05, 4.69) is 4.98 Å². The van der Waals surface area contributed by atoms with Gasteiger partial charge in [0.25, 0.3) is 5.92 Å². The first kappa shape index (κ1) is 11.1. The molecule has 0 aromatic carbocycles. The summed E-state index contributed by atoms with van der Waals surface area (Å²) in [5.41, 5.74) is 5.40. The van der Waals surface area contributed by atoms with Crippen LogP contribution < -0.4 is 10.5 Å². The minimum Gasteiger partial charge on any atom is -0.483 e. The standard InChI is InChI=1S/C11H14F2N2O/c12-11(13)6-2-1-3-9(11)16-8-4-5-10(14)15-7-8/h4-5,7,9H,1-3,6H2,(H2,14,15). The van der Waals surface area contributed by atoms with Gasteiger partial charge >= 0.3 is 0 Å². The van der Waals surface area contributed by atoms with Gasteiger partial charge < -0.3 is 10.5 Å². The van der Waals surface area contributed by atoms with Crippen LogP contribution in [0.15, 0.2) is 18.3 Å². The van der Waals surface area contributed by atoms with E-state index in [0.29, 0.717) is 24.4 Å². The van der Waals surface area contributed by atoms with Gasteiger partial charge in [-0.15, -0.1) is 0 Å². The highest BCUT2D eigenvalue weighted by Crippen LogP contribution is 2.35. The number of hydrogen-bond donors (Lipinski definition) is 1. The van der Waals surface area contributed by atoms with Crippen molar-refractivity contribution in [2.45, 2.75) is 37.7 Å². The van der Waals surface area contributed by atoms with Gasteiger partial charge in [0, 0.05) is 6.42 Å². The summed E-state index contributed by atoms with van der Waals surface area (Å²) in [6.07, 6.45) is 1.97. The third kappa shape index (κ3) is 2.40. The Morgan fingerprint density at radius 1 is 1.38 bits per heavy atom. The third-order valence-electron chi connectivity index (χ3n) is 2.74. The molecule has 1 aromatic heterocycles. The summed E-state index contributed by atoms with van der Waals surface area (Å²) < 4.78 is 32.2. The van der Waals surface area contributed by atoms with Crippen molar-refractivity contribution in [1.82, 2.24) is 4.98 Å². The largest absolute Gasteiger partial charge is 0.483 e. The van der Waals surface area contributed by atoms with Crippen LogP contribution in [0.2, 0.25) is 0 Å². The molecule has 2 N–H and O–H groups in total. The average molecular weight is 228 g/mol. The monoisotopic (exact) mass is 228 g/mol. The van der Waals surface area contributed by atoms with Crippen LogP contribution in [0.1, 0.15) is 25.7 Å². The van der Waals surface area contributed by atoms with Crippen molar-refractivity contribution in [2.75, 3.05) is 5.73 Å². The first-order valence-electron chi connectivity index (χ1n) is 5.34. The lowest BCUT2D eigenvalue weighted by Gasteiger charge is -2.31. The Morgan fingerprint density at radius 2 is 2.19 bits per heavy atom. The molecule has 0 spiro atoms. The number of nitrogen functional groups attached to an aromatic ring is 1. The van der Waals surface area contributed by atoms with E-state index in [9.17, 15) is 8.78 Å². The minimum atomic E-state index is -2.74. The van der Waals surface area contributed by atoms with Crippen molar-refractivity contribution < 1.29 is 13.5 Å². The Kier molecular flexibility index (Phi) is 2.94. The van der Waals surface area contributed by atoms with Crippen LogP contribution >= 0.6 is 0 Å². The Balaban J connectivity index is 2.05. The maximum atomic E-state index is 13.5. The second-order valence-electron chi connectivity index (χ2n) is 4.03. The summed E-state index contributed by atoms with van der Waals surface area (Å²) in [5.74, 6) is -2.04. The van der Waals surface area contributed by atoms with Gasteiger partial charge in [-0.3, -0.25) is 0 Å². The summed E-state index contributed by atoms with van der Waals surface area (Å²) in [5, 5.41) is 0. The molecule has 3 nitrogen and oxygen atoms in total. The Bertz CT molecular complexity index is 354. The van der Waals surface area contributed by atoms with E-state index < -0.39 is 12.0 Å². The molecule has 1 aliphatic rings. The van der Waals surface area contributed by atoms with Gasteiger partial charge in [0.05, 0.1) is 6.20 Å². The van der Waals surface area contributed by atoms with Crippen LogP contribution in [0.4, 0.5) is 14.6 Å². The number of ether oxygens (including phenoxy) is 1. The van der Waals surface area contributed by atoms with Gasteiger partial charge in [-0.1, -0.05) is 0 Å². The smallest absolute Gasteiger partial charge is 0.284 e. The Morgan fingerprint density at radius 3 is 2.81 bits per heavy atom. The molecule has 1 heterocycles. The number of alkyl halides is 2. The van der Waals surface area contributed by atoms with Gasteiger partial charge in [-0.05, 0) is 31.4 Å². The molecule has 0 bridgehead atoms. The second kappa shape index (κ2) is 4.23. The van der Waals surface area contributed by atoms with Crippen LogP contribution in [0.25, 0.3) is 0 Å². The molecular weight excluding hydrogens is 214 g/mol. The van der Waals surface area contributed by atoms with Crippen molar-refractivity contribution in [3.05, 3.63) is 18.3 Å². The second-order valence-corrected chi connectivity index (χ2v) is 4.03. The molecule has 0 saturated heterocycles. The van der Waals surface area contributed by atoms with Crippen LogP contribution in [-0.4, -0.2) is 17.0 Å². The minimum absolute atomic E-state index is 0.0972. The zero-order valence-corrected chi connectivity index (χ0v) is 8.83. The van der Waals surface area contributed by atoms with Crippen LogP contribution in [-0.2, 0) is 0 Å². The summed E-state index contributed by atoms with van der Waals surface area (Å²) in [6, 6.07) is 3.10. The predicted octanol–water partition coefficient (Wildman–Crippen LogP) is 2.62. The number of nitrogens with two attached hydrogens (primary N) is 1. The van der Waals surface area contributed by atoms with Gasteiger partial charge in [0.1, 0.15) is 11.6 Å². The fourth-order valence-corrected chi connectivity index (χ4v) is 1.83. The van der Waals surface area contributed by atoms with Crippen molar-refractivity contribution >= 4 is 5.82 Å². The van der Waals surface area contributed by atoms with E-state index in [-0.39, 0.29) is 6.42 Å². The molecule has 2 rings (SSSR count). The van der Waals surface area contributed by atoms with Crippen LogP contribution in [0.5, 0.6) is 5.75 Å². The van der Waals surface area contributed by atoms with E-state index in [1.54, 1.807) is 6.07 Å². The highest BCUT2D eigenvalue weighted by Gasteiger charge is 2.43. The number of hydrogen-bond acceptors (Lipinski definition) is 3. The van der Waals surface area contributed by atoms with E-state index in [1.807, 2.05) is 0 Å². The number of aromatic nitrogens is 1. The maximum absolute atomic E-state index is 13.5. The quantitative estimate of drug-likeness (QED) is 0.846.